The molecular formula is C12H10Cl3N3. The summed E-state index contributed by atoms with van der Waals surface area (Å²) in [6.45, 7) is 1.93. The topological polar surface area (TPSA) is 50.9 Å². The zero-order valence-corrected chi connectivity index (χ0v) is 11.7. The summed E-state index contributed by atoms with van der Waals surface area (Å²) in [6, 6.07) is 7.12. The molecule has 94 valence electrons. The molecule has 0 bridgehead atoms. The molecule has 2 rings (SSSR count). The minimum atomic E-state index is 0.216. The van der Waals surface area contributed by atoms with E-state index in [-0.39, 0.29) is 5.82 Å². The Morgan fingerprint density at radius 3 is 2.50 bits per heavy atom. The third-order valence-electron chi connectivity index (χ3n) is 2.42. The molecule has 1 heterocycles. The number of nitrogens with one attached hydrogen (secondary N) is 1. The van der Waals surface area contributed by atoms with Crippen molar-refractivity contribution in [1.82, 2.24) is 4.98 Å². The maximum atomic E-state index is 6.11. The van der Waals surface area contributed by atoms with E-state index in [9.17, 15) is 0 Å². The fourth-order valence-electron chi connectivity index (χ4n) is 1.48. The number of para-hydroxylation sites is 1. The largest absolute Gasteiger partial charge is 0.382 e. The summed E-state index contributed by atoms with van der Waals surface area (Å²) in [5.74, 6) is 0.642. The fraction of sp³-hybridized carbons (Fsp3) is 0.0833. The molecule has 0 spiro atoms. The van der Waals surface area contributed by atoms with Gasteiger partial charge in [0.1, 0.15) is 5.82 Å². The molecule has 0 saturated carbocycles. The first-order valence-corrected chi connectivity index (χ1v) is 6.26. The Bertz CT molecular complexity index is 579. The van der Waals surface area contributed by atoms with Crippen molar-refractivity contribution in [3.63, 3.8) is 0 Å². The highest BCUT2D eigenvalue weighted by molar-refractivity contribution is 6.37. The van der Waals surface area contributed by atoms with Gasteiger partial charge in [-0.3, -0.25) is 0 Å². The van der Waals surface area contributed by atoms with Crippen LogP contribution in [-0.4, -0.2) is 4.98 Å². The van der Waals surface area contributed by atoms with Gasteiger partial charge in [-0.15, -0.1) is 0 Å². The van der Waals surface area contributed by atoms with Crippen molar-refractivity contribution in [2.75, 3.05) is 11.1 Å². The maximum Gasteiger partial charge on any atom is 0.151 e. The highest BCUT2D eigenvalue weighted by atomic mass is 35.5. The average Bonchev–Trinajstić information content (AvgIpc) is 2.30. The molecule has 0 fully saturated rings. The van der Waals surface area contributed by atoms with Crippen LogP contribution >= 0.6 is 34.8 Å². The zero-order valence-electron chi connectivity index (χ0n) is 9.47. The van der Waals surface area contributed by atoms with Crippen LogP contribution in [0.1, 0.15) is 5.56 Å². The van der Waals surface area contributed by atoms with Gasteiger partial charge in [0.15, 0.2) is 5.82 Å². The summed E-state index contributed by atoms with van der Waals surface area (Å²) in [4.78, 5) is 4.09. The van der Waals surface area contributed by atoms with Gasteiger partial charge in [-0.1, -0.05) is 46.9 Å². The Balaban J connectivity index is 2.43. The minimum Gasteiger partial charge on any atom is -0.382 e. The molecule has 0 radical (unpaired) electrons. The van der Waals surface area contributed by atoms with Crippen molar-refractivity contribution in [2.24, 2.45) is 0 Å². The van der Waals surface area contributed by atoms with Crippen molar-refractivity contribution < 1.29 is 0 Å². The molecule has 3 nitrogen and oxygen atoms in total. The van der Waals surface area contributed by atoms with Crippen molar-refractivity contribution in [2.45, 2.75) is 6.92 Å². The van der Waals surface area contributed by atoms with Gasteiger partial charge in [0.2, 0.25) is 0 Å². The van der Waals surface area contributed by atoms with E-state index < -0.39 is 0 Å². The van der Waals surface area contributed by atoms with Crippen LogP contribution in [0.4, 0.5) is 17.3 Å². The Hall–Kier alpha value is -1.16. The number of anilines is 3. The van der Waals surface area contributed by atoms with Crippen LogP contribution in [0.2, 0.25) is 15.1 Å². The van der Waals surface area contributed by atoms with Gasteiger partial charge in [0, 0.05) is 0 Å². The summed E-state index contributed by atoms with van der Waals surface area (Å²) in [7, 11) is 0. The summed E-state index contributed by atoms with van der Waals surface area (Å²) in [6.07, 6.45) is 0. The lowest BCUT2D eigenvalue weighted by Gasteiger charge is -2.12. The molecule has 1 aromatic heterocycles. The number of aryl methyl sites for hydroxylation is 1. The van der Waals surface area contributed by atoms with Crippen LogP contribution in [0.15, 0.2) is 24.3 Å². The molecule has 0 atom stereocenters. The monoisotopic (exact) mass is 301 g/mol. The highest BCUT2D eigenvalue weighted by Gasteiger charge is 2.10. The van der Waals surface area contributed by atoms with Crippen LogP contribution in [0.3, 0.4) is 0 Å². The van der Waals surface area contributed by atoms with Gasteiger partial charge < -0.3 is 11.1 Å². The third-order valence-corrected chi connectivity index (χ3v) is 3.33. The molecule has 0 saturated heterocycles. The summed E-state index contributed by atoms with van der Waals surface area (Å²) in [5.41, 5.74) is 7.37. The predicted molar refractivity (Wildman–Crippen MR) is 78.1 cm³/mol. The molecule has 18 heavy (non-hydrogen) atoms. The van der Waals surface area contributed by atoms with E-state index in [0.29, 0.717) is 20.9 Å². The van der Waals surface area contributed by atoms with Gasteiger partial charge in [-0.2, -0.15) is 0 Å². The number of hydrogen-bond acceptors (Lipinski definition) is 3. The predicted octanol–water partition coefficient (Wildman–Crippen LogP) is 4.68. The van der Waals surface area contributed by atoms with Crippen molar-refractivity contribution in [3.8, 4) is 0 Å². The Morgan fingerprint density at radius 2 is 1.83 bits per heavy atom. The third kappa shape index (κ3) is 2.64. The molecule has 3 N–H and O–H groups in total. The Kier molecular flexibility index (Phi) is 3.85. The van der Waals surface area contributed by atoms with Crippen LogP contribution < -0.4 is 11.1 Å². The number of halogens is 3. The maximum absolute atomic E-state index is 6.11. The van der Waals surface area contributed by atoms with Crippen LogP contribution in [0.5, 0.6) is 0 Å². The zero-order chi connectivity index (χ0) is 13.3. The van der Waals surface area contributed by atoms with E-state index in [1.165, 1.54) is 0 Å². The van der Waals surface area contributed by atoms with Gasteiger partial charge >= 0.3 is 0 Å². The van der Waals surface area contributed by atoms with Crippen molar-refractivity contribution >= 4 is 52.1 Å². The van der Waals surface area contributed by atoms with Gasteiger partial charge in [-0.25, -0.2) is 4.98 Å². The van der Waals surface area contributed by atoms with Gasteiger partial charge in [-0.05, 0) is 24.6 Å². The number of aromatic nitrogens is 1. The van der Waals surface area contributed by atoms with E-state index in [0.717, 1.165) is 11.3 Å². The van der Waals surface area contributed by atoms with E-state index in [4.69, 9.17) is 40.5 Å². The van der Waals surface area contributed by atoms with E-state index in [1.807, 2.05) is 19.1 Å². The average molecular weight is 303 g/mol. The van der Waals surface area contributed by atoms with Crippen LogP contribution in [0, 0.1) is 6.92 Å². The second-order valence-electron chi connectivity index (χ2n) is 3.74. The normalized spacial score (nSPS) is 10.4. The van der Waals surface area contributed by atoms with Crippen molar-refractivity contribution in [3.05, 3.63) is 44.9 Å². The number of nitrogens with two attached hydrogens (primary N) is 1. The number of hydrogen-bond donors (Lipinski definition) is 2. The molecule has 0 amide bonds. The quantitative estimate of drug-likeness (QED) is 0.847. The molecular weight excluding hydrogens is 293 g/mol. The Labute approximate surface area is 120 Å². The first kappa shape index (κ1) is 13.3. The summed E-state index contributed by atoms with van der Waals surface area (Å²) >= 11 is 18.0. The van der Waals surface area contributed by atoms with Crippen molar-refractivity contribution in [1.29, 1.82) is 0 Å². The first-order chi connectivity index (χ1) is 8.49. The minimum absolute atomic E-state index is 0.216. The van der Waals surface area contributed by atoms with Gasteiger partial charge in [0.25, 0.3) is 0 Å². The SMILES string of the molecule is Cc1cccc(Cl)c1Nc1nc(N)c(Cl)cc1Cl. The lowest BCUT2D eigenvalue weighted by Crippen LogP contribution is -2.00. The fourth-order valence-corrected chi connectivity index (χ4v) is 2.15. The second kappa shape index (κ2) is 5.22. The molecule has 1 aromatic carbocycles. The summed E-state index contributed by atoms with van der Waals surface area (Å²) in [5, 5.41) is 4.35. The molecule has 0 unspecified atom stereocenters. The van der Waals surface area contributed by atoms with Gasteiger partial charge in [0.05, 0.1) is 20.8 Å². The standard InChI is InChI=1S/C12H10Cl3N3/c1-6-3-2-4-7(13)10(6)17-12-9(15)5-8(14)11(16)18-12/h2-5H,1H3,(H3,16,17,18). The van der Waals surface area contributed by atoms with Crippen LogP contribution in [0.25, 0.3) is 0 Å². The molecule has 0 aliphatic rings. The summed E-state index contributed by atoms with van der Waals surface area (Å²) < 4.78 is 0. The highest BCUT2D eigenvalue weighted by Crippen LogP contribution is 2.33. The number of nitrogens with zero attached hydrogens (tertiary/aromatic N) is 1. The number of benzene rings is 1. The lowest BCUT2D eigenvalue weighted by atomic mass is 10.2. The number of rotatable bonds is 2. The van der Waals surface area contributed by atoms with E-state index in [2.05, 4.69) is 10.3 Å². The Morgan fingerprint density at radius 1 is 1.11 bits per heavy atom. The van der Waals surface area contributed by atoms with E-state index in [1.54, 1.807) is 12.1 Å². The molecule has 0 aliphatic carbocycles. The first-order valence-electron chi connectivity index (χ1n) is 5.12. The smallest absolute Gasteiger partial charge is 0.151 e. The number of pyridine rings is 1. The number of nitrogen functional groups attached to an aromatic ring is 1. The molecule has 2 aromatic rings. The van der Waals surface area contributed by atoms with E-state index >= 15 is 0 Å². The van der Waals surface area contributed by atoms with Crippen LogP contribution in [-0.2, 0) is 0 Å². The second-order valence-corrected chi connectivity index (χ2v) is 4.96. The lowest BCUT2D eigenvalue weighted by molar-refractivity contribution is 1.30. The molecule has 0 aliphatic heterocycles. The molecule has 6 heteroatoms.